The summed E-state index contributed by atoms with van der Waals surface area (Å²) in [7, 11) is -4.01. The zero-order chi connectivity index (χ0) is 18.2. The van der Waals surface area contributed by atoms with Crippen LogP contribution in [-0.4, -0.2) is 8.42 Å². The van der Waals surface area contributed by atoms with E-state index in [4.69, 9.17) is 5.14 Å². The molecule has 25 heavy (non-hydrogen) atoms. The monoisotopic (exact) mass is 363 g/mol. The summed E-state index contributed by atoms with van der Waals surface area (Å²) in [5, 5.41) is 5.25. The highest BCUT2D eigenvalue weighted by atomic mass is 32.2. The van der Waals surface area contributed by atoms with E-state index in [9.17, 15) is 21.6 Å². The fourth-order valence-corrected chi connectivity index (χ4v) is 3.37. The predicted octanol–water partition coefficient (Wildman–Crippen LogP) is 4.09. The molecule has 0 heterocycles. The van der Waals surface area contributed by atoms with Gasteiger partial charge in [-0.15, -0.1) is 0 Å². The maximum absolute atomic E-state index is 13.6. The maximum atomic E-state index is 13.6. The van der Waals surface area contributed by atoms with Crippen LogP contribution in [0.2, 0.25) is 0 Å². The average molecular weight is 363 g/mol. The van der Waals surface area contributed by atoms with Crippen molar-refractivity contribution in [1.29, 1.82) is 0 Å². The molecule has 128 valence electrons. The van der Waals surface area contributed by atoms with Crippen molar-refractivity contribution in [2.24, 2.45) is 5.14 Å². The highest BCUT2D eigenvalue weighted by Crippen LogP contribution is 2.36. The Balaban J connectivity index is 2.30. The Morgan fingerprint density at radius 2 is 1.20 bits per heavy atom. The first-order valence-corrected chi connectivity index (χ1v) is 8.70. The van der Waals surface area contributed by atoms with E-state index in [1.807, 2.05) is 0 Å². The van der Waals surface area contributed by atoms with Crippen molar-refractivity contribution in [2.75, 3.05) is 0 Å². The normalized spacial score (nSPS) is 11.5. The van der Waals surface area contributed by atoms with Gasteiger partial charge in [0, 0.05) is 5.56 Å². The molecular weight excluding hydrogens is 351 g/mol. The summed E-state index contributed by atoms with van der Waals surface area (Å²) >= 11 is 0. The molecule has 0 aromatic heterocycles. The molecule has 0 atom stereocenters. The van der Waals surface area contributed by atoms with E-state index in [0.29, 0.717) is 11.1 Å². The first-order valence-electron chi connectivity index (χ1n) is 7.15. The lowest BCUT2D eigenvalue weighted by Gasteiger charge is -2.13. The third-order valence-corrected chi connectivity index (χ3v) is 4.67. The smallest absolute Gasteiger partial charge is 0.225 e. The summed E-state index contributed by atoms with van der Waals surface area (Å²) in [4.78, 5) is -0.120. The van der Waals surface area contributed by atoms with Gasteiger partial charge in [-0.2, -0.15) is 0 Å². The minimum Gasteiger partial charge on any atom is -0.225 e. The summed E-state index contributed by atoms with van der Waals surface area (Å²) in [6.45, 7) is 0. The Kier molecular flexibility index (Phi) is 4.36. The molecule has 2 N–H and O–H groups in total. The van der Waals surface area contributed by atoms with Crippen LogP contribution in [-0.2, 0) is 10.0 Å². The lowest BCUT2D eigenvalue weighted by Crippen LogP contribution is -2.13. The van der Waals surface area contributed by atoms with Gasteiger partial charge < -0.3 is 0 Å². The summed E-state index contributed by atoms with van der Waals surface area (Å²) in [6.07, 6.45) is 0. The molecule has 0 bridgehead atoms. The van der Waals surface area contributed by atoms with Gasteiger partial charge in [-0.3, -0.25) is 0 Å². The Hall–Kier alpha value is -2.64. The van der Waals surface area contributed by atoms with Gasteiger partial charge in [-0.1, -0.05) is 42.5 Å². The maximum Gasteiger partial charge on any atom is 0.238 e. The molecule has 0 spiro atoms. The second-order valence-electron chi connectivity index (χ2n) is 5.34. The Bertz CT molecular complexity index is 1040. The van der Waals surface area contributed by atoms with Crippen molar-refractivity contribution in [1.82, 2.24) is 0 Å². The van der Waals surface area contributed by atoms with Crippen molar-refractivity contribution in [3.05, 3.63) is 78.1 Å². The lowest BCUT2D eigenvalue weighted by molar-refractivity contribution is 0.448. The molecule has 3 aromatic carbocycles. The number of halogens is 3. The number of hydrogen-bond acceptors (Lipinski definition) is 2. The Morgan fingerprint density at radius 3 is 1.76 bits per heavy atom. The highest BCUT2D eigenvalue weighted by molar-refractivity contribution is 7.89. The first kappa shape index (κ1) is 17.2. The molecule has 0 saturated heterocycles. The number of sulfonamides is 1. The molecule has 0 amide bonds. The van der Waals surface area contributed by atoms with E-state index < -0.39 is 27.5 Å². The molecular formula is C18H12F3NO2S. The zero-order valence-corrected chi connectivity index (χ0v) is 13.5. The van der Waals surface area contributed by atoms with Crippen molar-refractivity contribution >= 4 is 10.0 Å². The molecule has 0 saturated carbocycles. The van der Waals surface area contributed by atoms with Gasteiger partial charge in [0.1, 0.15) is 0 Å². The van der Waals surface area contributed by atoms with Gasteiger partial charge in [0.25, 0.3) is 0 Å². The van der Waals surface area contributed by atoms with Gasteiger partial charge >= 0.3 is 0 Å². The standard InChI is InChI=1S/C18H12F3NO2S/c19-15-9-11(10-16(20)18(15)21)12-5-1-2-6-13(12)14-7-3-4-8-17(14)25(22,23)24/h1-10H,(H2,22,23,24). The van der Waals surface area contributed by atoms with E-state index >= 15 is 0 Å². The number of primary sulfonamides is 1. The van der Waals surface area contributed by atoms with E-state index in [-0.39, 0.29) is 16.0 Å². The number of benzene rings is 3. The molecule has 3 rings (SSSR count). The van der Waals surface area contributed by atoms with Gasteiger partial charge in [-0.05, 0) is 34.9 Å². The van der Waals surface area contributed by atoms with Crippen molar-refractivity contribution in [3.8, 4) is 22.3 Å². The van der Waals surface area contributed by atoms with Gasteiger partial charge in [0.15, 0.2) is 17.5 Å². The SMILES string of the molecule is NS(=O)(=O)c1ccccc1-c1ccccc1-c1cc(F)c(F)c(F)c1. The van der Waals surface area contributed by atoms with Gasteiger partial charge in [0.05, 0.1) is 4.90 Å². The largest absolute Gasteiger partial charge is 0.238 e. The number of rotatable bonds is 3. The van der Waals surface area contributed by atoms with Crippen LogP contribution >= 0.6 is 0 Å². The molecule has 0 aliphatic carbocycles. The summed E-state index contributed by atoms with van der Waals surface area (Å²) < 4.78 is 64.1. The zero-order valence-electron chi connectivity index (χ0n) is 12.7. The average Bonchev–Trinajstić information content (AvgIpc) is 2.58. The Labute approximate surface area is 142 Å². The van der Waals surface area contributed by atoms with E-state index in [1.54, 1.807) is 30.3 Å². The molecule has 3 aromatic rings. The second-order valence-corrected chi connectivity index (χ2v) is 6.87. The molecule has 7 heteroatoms. The summed E-state index contributed by atoms with van der Waals surface area (Å²) in [5.41, 5.74) is 1.11. The highest BCUT2D eigenvalue weighted by Gasteiger charge is 2.19. The van der Waals surface area contributed by atoms with E-state index in [2.05, 4.69) is 0 Å². The fraction of sp³-hybridized carbons (Fsp3) is 0. The quantitative estimate of drug-likeness (QED) is 0.713. The Morgan fingerprint density at radius 1 is 0.720 bits per heavy atom. The molecule has 0 aliphatic heterocycles. The third-order valence-electron chi connectivity index (χ3n) is 3.71. The van der Waals surface area contributed by atoms with Crippen LogP contribution in [0.1, 0.15) is 0 Å². The van der Waals surface area contributed by atoms with E-state index in [1.165, 1.54) is 18.2 Å². The van der Waals surface area contributed by atoms with Crippen LogP contribution in [0.4, 0.5) is 13.2 Å². The summed E-state index contributed by atoms with van der Waals surface area (Å²) in [6, 6.07) is 14.2. The fourth-order valence-electron chi connectivity index (χ4n) is 2.62. The summed E-state index contributed by atoms with van der Waals surface area (Å²) in [5.74, 6) is -4.22. The second kappa shape index (κ2) is 6.34. The molecule has 0 unspecified atom stereocenters. The van der Waals surface area contributed by atoms with Crippen LogP contribution in [0.3, 0.4) is 0 Å². The molecule has 0 fully saturated rings. The first-order chi connectivity index (χ1) is 11.8. The molecule has 0 radical (unpaired) electrons. The number of nitrogens with two attached hydrogens (primary N) is 1. The topological polar surface area (TPSA) is 60.2 Å². The van der Waals surface area contributed by atoms with Gasteiger partial charge in [-0.25, -0.2) is 26.7 Å². The van der Waals surface area contributed by atoms with Crippen molar-refractivity contribution in [3.63, 3.8) is 0 Å². The van der Waals surface area contributed by atoms with E-state index in [0.717, 1.165) is 12.1 Å². The van der Waals surface area contributed by atoms with Gasteiger partial charge in [0.2, 0.25) is 10.0 Å². The van der Waals surface area contributed by atoms with Crippen molar-refractivity contribution in [2.45, 2.75) is 4.90 Å². The van der Waals surface area contributed by atoms with Crippen LogP contribution in [0.5, 0.6) is 0 Å². The lowest BCUT2D eigenvalue weighted by atomic mass is 9.94. The molecule has 0 aliphatic rings. The van der Waals surface area contributed by atoms with Crippen LogP contribution in [0.25, 0.3) is 22.3 Å². The minimum absolute atomic E-state index is 0.0798. The minimum atomic E-state index is -4.01. The predicted molar refractivity (Wildman–Crippen MR) is 88.6 cm³/mol. The van der Waals surface area contributed by atoms with Crippen molar-refractivity contribution < 1.29 is 21.6 Å². The molecule has 3 nitrogen and oxygen atoms in total. The van der Waals surface area contributed by atoms with Crippen LogP contribution < -0.4 is 5.14 Å². The van der Waals surface area contributed by atoms with Crippen LogP contribution in [0, 0.1) is 17.5 Å². The third kappa shape index (κ3) is 3.29. The number of hydrogen-bond donors (Lipinski definition) is 1. The van der Waals surface area contributed by atoms with Crippen LogP contribution in [0.15, 0.2) is 65.6 Å².